The van der Waals surface area contributed by atoms with Crippen molar-refractivity contribution < 1.29 is 5.11 Å². The molecule has 7 nitrogen and oxygen atoms in total. The van der Waals surface area contributed by atoms with Crippen LogP contribution in [0.3, 0.4) is 0 Å². The minimum absolute atomic E-state index is 0.0813. The highest BCUT2D eigenvalue weighted by Gasteiger charge is 2.32. The Morgan fingerprint density at radius 1 is 1.58 bits per heavy atom. The van der Waals surface area contributed by atoms with Gasteiger partial charge in [-0.25, -0.2) is 0 Å². The molecule has 0 bridgehead atoms. The fourth-order valence-corrected chi connectivity index (χ4v) is 2.28. The summed E-state index contributed by atoms with van der Waals surface area (Å²) in [6.45, 7) is 5.74. The molecule has 1 aliphatic heterocycles. The van der Waals surface area contributed by atoms with E-state index in [1.807, 2.05) is 6.20 Å². The lowest BCUT2D eigenvalue weighted by molar-refractivity contribution is 0.264. The third-order valence-corrected chi connectivity index (χ3v) is 3.54. The first-order chi connectivity index (χ1) is 9.17. The molecule has 1 aliphatic rings. The minimum atomic E-state index is 0.0813. The van der Waals surface area contributed by atoms with Crippen LogP contribution in [0, 0.1) is 0 Å². The van der Waals surface area contributed by atoms with Crippen molar-refractivity contribution in [1.29, 1.82) is 0 Å². The Hall–Kier alpha value is -1.63. The molecule has 1 aromatic heterocycles. The van der Waals surface area contributed by atoms with E-state index in [4.69, 9.17) is 10.8 Å². The molecular weight excluding hydrogens is 244 g/mol. The summed E-state index contributed by atoms with van der Waals surface area (Å²) in [4.78, 5) is 6.43. The van der Waals surface area contributed by atoms with E-state index in [1.165, 1.54) is 0 Å². The quantitative estimate of drug-likeness (QED) is 0.763. The number of aliphatic imine (C=N–C) groups is 1. The number of nitrogens with zero attached hydrogens (tertiary/aromatic N) is 5. The van der Waals surface area contributed by atoms with Crippen LogP contribution in [0.1, 0.15) is 38.4 Å². The summed E-state index contributed by atoms with van der Waals surface area (Å²) in [7, 11) is 0. The average molecular weight is 266 g/mol. The molecule has 2 rings (SSSR count). The standard InChI is InChI=1S/C12H22N6O/c1-3-9(2)18-11(7-14-12(18)13)10-8-17(16-15-10)5-4-6-19/h8-9,11,19H,3-7H2,1-2H3,(H2,13,14). The summed E-state index contributed by atoms with van der Waals surface area (Å²) in [6.07, 6.45) is 3.61. The van der Waals surface area contributed by atoms with Gasteiger partial charge in [0.2, 0.25) is 0 Å². The third-order valence-electron chi connectivity index (χ3n) is 3.54. The fourth-order valence-electron chi connectivity index (χ4n) is 2.28. The Morgan fingerprint density at radius 2 is 2.37 bits per heavy atom. The number of aliphatic hydroxyl groups is 1. The van der Waals surface area contributed by atoms with Crippen LogP contribution in [0.2, 0.25) is 0 Å². The number of nitrogens with two attached hydrogens (primary N) is 1. The normalized spacial score (nSPS) is 20.7. The van der Waals surface area contributed by atoms with Gasteiger partial charge in [-0.3, -0.25) is 9.67 Å². The molecule has 2 atom stereocenters. The van der Waals surface area contributed by atoms with Crippen LogP contribution < -0.4 is 5.73 Å². The highest BCUT2D eigenvalue weighted by molar-refractivity contribution is 5.80. The first-order valence-corrected chi connectivity index (χ1v) is 6.76. The zero-order valence-corrected chi connectivity index (χ0v) is 11.5. The van der Waals surface area contributed by atoms with Crippen molar-refractivity contribution in [3.8, 4) is 0 Å². The van der Waals surface area contributed by atoms with Gasteiger partial charge in [-0.15, -0.1) is 5.10 Å². The van der Waals surface area contributed by atoms with Crippen LogP contribution in [-0.4, -0.2) is 50.2 Å². The lowest BCUT2D eigenvalue weighted by Crippen LogP contribution is -2.42. The number of hydrogen-bond donors (Lipinski definition) is 2. The van der Waals surface area contributed by atoms with Crippen LogP contribution in [0.4, 0.5) is 0 Å². The van der Waals surface area contributed by atoms with Crippen molar-refractivity contribution in [1.82, 2.24) is 19.9 Å². The van der Waals surface area contributed by atoms with Gasteiger partial charge in [0.05, 0.1) is 18.8 Å². The molecule has 2 heterocycles. The Balaban J connectivity index is 2.10. The van der Waals surface area contributed by atoms with Crippen LogP contribution in [0.5, 0.6) is 0 Å². The van der Waals surface area contributed by atoms with Crippen molar-refractivity contribution in [3.05, 3.63) is 11.9 Å². The SMILES string of the molecule is CCC(C)N1C(N)=NCC1c1cn(CCCO)nn1. The van der Waals surface area contributed by atoms with E-state index in [0.29, 0.717) is 31.5 Å². The Kier molecular flexibility index (Phi) is 4.36. The predicted molar refractivity (Wildman–Crippen MR) is 72.5 cm³/mol. The molecular formula is C12H22N6O. The number of hydrogen-bond acceptors (Lipinski definition) is 6. The molecule has 7 heteroatoms. The summed E-state index contributed by atoms with van der Waals surface area (Å²) in [5.74, 6) is 0.587. The van der Waals surface area contributed by atoms with Crippen molar-refractivity contribution >= 4 is 5.96 Å². The van der Waals surface area contributed by atoms with Crippen molar-refractivity contribution in [3.63, 3.8) is 0 Å². The van der Waals surface area contributed by atoms with E-state index in [0.717, 1.165) is 12.1 Å². The molecule has 0 spiro atoms. The van der Waals surface area contributed by atoms with Gasteiger partial charge < -0.3 is 15.7 Å². The number of aryl methyl sites for hydroxylation is 1. The van der Waals surface area contributed by atoms with Gasteiger partial charge in [-0.1, -0.05) is 12.1 Å². The molecule has 0 radical (unpaired) electrons. The largest absolute Gasteiger partial charge is 0.396 e. The summed E-state index contributed by atoms with van der Waals surface area (Å²) < 4.78 is 1.76. The van der Waals surface area contributed by atoms with E-state index in [9.17, 15) is 0 Å². The van der Waals surface area contributed by atoms with Gasteiger partial charge in [-0.2, -0.15) is 0 Å². The summed E-state index contributed by atoms with van der Waals surface area (Å²) in [5, 5.41) is 17.1. The lowest BCUT2D eigenvalue weighted by Gasteiger charge is -2.30. The van der Waals surface area contributed by atoms with Crippen LogP contribution in [0.15, 0.2) is 11.2 Å². The number of aromatic nitrogens is 3. The van der Waals surface area contributed by atoms with E-state index in [-0.39, 0.29) is 12.6 Å². The van der Waals surface area contributed by atoms with Gasteiger partial charge in [0, 0.05) is 19.2 Å². The summed E-state index contributed by atoms with van der Waals surface area (Å²) in [6, 6.07) is 0.414. The van der Waals surface area contributed by atoms with Crippen LogP contribution >= 0.6 is 0 Å². The molecule has 0 amide bonds. The number of aliphatic hydroxyl groups excluding tert-OH is 1. The first-order valence-electron chi connectivity index (χ1n) is 6.76. The zero-order chi connectivity index (χ0) is 13.8. The number of guanidine groups is 1. The molecule has 2 unspecified atom stereocenters. The second kappa shape index (κ2) is 6.01. The van der Waals surface area contributed by atoms with Crippen molar-refractivity contribution in [2.24, 2.45) is 10.7 Å². The third kappa shape index (κ3) is 2.86. The van der Waals surface area contributed by atoms with E-state index >= 15 is 0 Å². The van der Waals surface area contributed by atoms with Crippen LogP contribution in [0.25, 0.3) is 0 Å². The molecule has 0 aromatic carbocycles. The maximum absolute atomic E-state index is 8.82. The molecule has 0 fully saturated rings. The molecule has 0 aliphatic carbocycles. The van der Waals surface area contributed by atoms with E-state index in [2.05, 4.69) is 34.1 Å². The lowest BCUT2D eigenvalue weighted by atomic mass is 10.1. The minimum Gasteiger partial charge on any atom is -0.396 e. The van der Waals surface area contributed by atoms with Crippen molar-refractivity contribution in [2.45, 2.75) is 45.3 Å². The molecule has 1 aromatic rings. The van der Waals surface area contributed by atoms with E-state index in [1.54, 1.807) is 4.68 Å². The first kappa shape index (κ1) is 13.8. The van der Waals surface area contributed by atoms with Gasteiger partial charge in [0.25, 0.3) is 0 Å². The van der Waals surface area contributed by atoms with E-state index < -0.39 is 0 Å². The van der Waals surface area contributed by atoms with Gasteiger partial charge in [-0.05, 0) is 19.8 Å². The maximum atomic E-state index is 8.82. The number of rotatable bonds is 6. The highest BCUT2D eigenvalue weighted by Crippen LogP contribution is 2.26. The summed E-state index contributed by atoms with van der Waals surface area (Å²) >= 11 is 0. The second-order valence-electron chi connectivity index (χ2n) is 4.86. The van der Waals surface area contributed by atoms with Gasteiger partial charge >= 0.3 is 0 Å². The zero-order valence-electron chi connectivity index (χ0n) is 11.5. The highest BCUT2D eigenvalue weighted by atomic mass is 16.3. The topological polar surface area (TPSA) is 92.6 Å². The smallest absolute Gasteiger partial charge is 0.192 e. The molecule has 19 heavy (non-hydrogen) atoms. The van der Waals surface area contributed by atoms with Crippen molar-refractivity contribution in [2.75, 3.05) is 13.2 Å². The monoisotopic (exact) mass is 266 g/mol. The Morgan fingerprint density at radius 3 is 3.05 bits per heavy atom. The van der Waals surface area contributed by atoms with Gasteiger partial charge in [0.15, 0.2) is 5.96 Å². The maximum Gasteiger partial charge on any atom is 0.192 e. The van der Waals surface area contributed by atoms with Crippen LogP contribution in [-0.2, 0) is 6.54 Å². The Bertz CT molecular complexity index is 443. The summed E-state index contributed by atoms with van der Waals surface area (Å²) in [5.41, 5.74) is 6.85. The molecule has 3 N–H and O–H groups in total. The fraction of sp³-hybridized carbons (Fsp3) is 0.750. The Labute approximate surface area is 113 Å². The molecule has 106 valence electrons. The second-order valence-corrected chi connectivity index (χ2v) is 4.86. The van der Waals surface area contributed by atoms with Gasteiger partial charge in [0.1, 0.15) is 5.69 Å². The predicted octanol–water partition coefficient (Wildman–Crippen LogP) is 0.130. The average Bonchev–Trinajstić information content (AvgIpc) is 3.01. The molecule has 0 saturated heterocycles. The molecule has 0 saturated carbocycles.